The third-order valence-electron chi connectivity index (χ3n) is 2.52. The molecule has 0 aliphatic heterocycles. The van der Waals surface area contributed by atoms with Crippen molar-refractivity contribution in [1.82, 2.24) is 0 Å². The van der Waals surface area contributed by atoms with Crippen molar-refractivity contribution in [3.8, 4) is 0 Å². The number of hydrogen-bond donors (Lipinski definition) is 0. The average Bonchev–Trinajstić information content (AvgIpc) is 1.92. The number of hydrogen-bond acceptors (Lipinski definition) is 0. The summed E-state index contributed by atoms with van der Waals surface area (Å²) >= 11 is 9.73. The van der Waals surface area contributed by atoms with Crippen LogP contribution >= 0.6 is 34.4 Å². The minimum Gasteiger partial charge on any atom is -0.327 e. The standard InChI is InChI=1S/C6H16BBrClP/c1-4-10(5-2,6-3)7(8)9/h7H,4-6H2,1-3H3. The second-order valence-electron chi connectivity index (χ2n) is 2.63. The molecule has 0 bridgehead atoms. The molecule has 0 saturated carbocycles. The van der Waals surface area contributed by atoms with Gasteiger partial charge in [-0.2, -0.15) is 0 Å². The normalized spacial score (nSPS) is 15.3. The van der Waals surface area contributed by atoms with Crippen LogP contribution in [0.1, 0.15) is 20.8 Å². The van der Waals surface area contributed by atoms with E-state index in [1.807, 2.05) is 0 Å². The molecular formula is C6H16BBrClP. The largest absolute Gasteiger partial charge is 0.327 e. The number of halogens is 2. The molecule has 1 unspecified atom stereocenters. The van der Waals surface area contributed by atoms with Crippen molar-refractivity contribution in [3.63, 3.8) is 0 Å². The summed E-state index contributed by atoms with van der Waals surface area (Å²) in [6, 6.07) is 0. The van der Waals surface area contributed by atoms with E-state index in [4.69, 9.17) is 11.5 Å². The molecule has 0 radical (unpaired) electrons. The van der Waals surface area contributed by atoms with E-state index in [1.54, 1.807) is 0 Å². The Bertz CT molecular complexity index is 87.5. The molecule has 0 aliphatic carbocycles. The third kappa shape index (κ3) is 2.39. The Hall–Kier alpha value is 1.26. The molecule has 4 heteroatoms. The average molecular weight is 245 g/mol. The van der Waals surface area contributed by atoms with Gasteiger partial charge in [-0.25, -0.2) is 0 Å². The van der Waals surface area contributed by atoms with Crippen LogP contribution in [-0.2, 0) is 0 Å². The first-order valence-electron chi connectivity index (χ1n) is 3.92. The van der Waals surface area contributed by atoms with Gasteiger partial charge in [0.05, 0.1) is 0 Å². The van der Waals surface area contributed by atoms with Gasteiger partial charge in [0.1, 0.15) is 0 Å². The van der Waals surface area contributed by atoms with E-state index in [9.17, 15) is 0 Å². The first kappa shape index (κ1) is 11.3. The van der Waals surface area contributed by atoms with Crippen LogP contribution in [0.15, 0.2) is 0 Å². The van der Waals surface area contributed by atoms with Gasteiger partial charge in [0, 0.05) is 18.5 Å². The lowest BCUT2D eigenvalue weighted by Crippen LogP contribution is -2.12. The van der Waals surface area contributed by atoms with E-state index >= 15 is 0 Å². The molecule has 0 N–H and O–H groups in total. The van der Waals surface area contributed by atoms with Crippen LogP contribution < -0.4 is 0 Å². The van der Waals surface area contributed by atoms with Gasteiger partial charge in [-0.05, 0) is 20.8 Å². The molecule has 0 amide bonds. The Balaban J connectivity index is 4.15. The predicted octanol–water partition coefficient (Wildman–Crippen LogP) is 3.41. The Morgan fingerprint density at radius 2 is 1.50 bits per heavy atom. The zero-order valence-corrected chi connectivity index (χ0v) is 10.3. The zero-order chi connectivity index (χ0) is 8.20. The molecule has 0 spiro atoms. The van der Waals surface area contributed by atoms with Crippen LogP contribution in [0, 0.1) is 0 Å². The quantitative estimate of drug-likeness (QED) is 0.526. The molecule has 1 atom stereocenters. The molecule has 0 aliphatic rings. The summed E-state index contributed by atoms with van der Waals surface area (Å²) in [5.41, 5.74) is 0. The molecule has 0 rings (SSSR count). The van der Waals surface area contributed by atoms with Crippen molar-refractivity contribution in [3.05, 3.63) is 0 Å². The molecule has 0 saturated heterocycles. The SMILES string of the molecule is CC[P+](CC)(CC)[BH-](Cl)Br. The lowest BCUT2D eigenvalue weighted by Gasteiger charge is -2.32. The van der Waals surface area contributed by atoms with Gasteiger partial charge in [-0.3, -0.25) is 15.8 Å². The fraction of sp³-hybridized carbons (Fsp3) is 1.00. The van der Waals surface area contributed by atoms with Gasteiger partial charge < -0.3 is 11.5 Å². The van der Waals surface area contributed by atoms with Gasteiger partial charge in [0.2, 0.25) is 0 Å². The lowest BCUT2D eigenvalue weighted by atomic mass is 10.7. The van der Waals surface area contributed by atoms with Gasteiger partial charge in [-0.1, -0.05) is 0 Å². The first-order valence-corrected chi connectivity index (χ1v) is 8.11. The maximum absolute atomic E-state index is 6.15. The van der Waals surface area contributed by atoms with Crippen LogP contribution in [0.25, 0.3) is 0 Å². The van der Waals surface area contributed by atoms with Crippen LogP contribution in [-0.4, -0.2) is 23.2 Å². The lowest BCUT2D eigenvalue weighted by molar-refractivity contribution is 1.34. The summed E-state index contributed by atoms with van der Waals surface area (Å²) in [4.78, 5) is 0. The minimum atomic E-state index is -0.745. The first-order chi connectivity index (χ1) is 4.63. The van der Waals surface area contributed by atoms with Crippen LogP contribution in [0.5, 0.6) is 0 Å². The molecule has 62 valence electrons. The van der Waals surface area contributed by atoms with E-state index in [1.165, 1.54) is 18.5 Å². The summed E-state index contributed by atoms with van der Waals surface area (Å²) in [5, 5.41) is 0. The monoisotopic (exact) mass is 244 g/mol. The fourth-order valence-electron chi connectivity index (χ4n) is 1.18. The van der Waals surface area contributed by atoms with Crippen molar-refractivity contribution in [1.29, 1.82) is 0 Å². The van der Waals surface area contributed by atoms with Crippen LogP contribution in [0.4, 0.5) is 0 Å². The Morgan fingerprint density at radius 1 is 1.20 bits per heavy atom. The van der Waals surface area contributed by atoms with E-state index in [0.29, 0.717) is 0 Å². The highest BCUT2D eigenvalue weighted by molar-refractivity contribution is 9.29. The van der Waals surface area contributed by atoms with E-state index in [-0.39, 0.29) is 0 Å². The Labute approximate surface area is 78.4 Å². The second kappa shape index (κ2) is 5.01. The van der Waals surface area contributed by atoms with Crippen LogP contribution in [0.2, 0.25) is 0 Å². The smallest absolute Gasteiger partial charge is 0.293 e. The van der Waals surface area contributed by atoms with Gasteiger partial charge >= 0.3 is 0 Å². The van der Waals surface area contributed by atoms with E-state index in [2.05, 4.69) is 36.5 Å². The highest BCUT2D eigenvalue weighted by Gasteiger charge is 2.30. The molecule has 0 aromatic heterocycles. The molecule has 0 fully saturated rings. The zero-order valence-electron chi connectivity index (χ0n) is 7.03. The Kier molecular flexibility index (Phi) is 5.64. The summed E-state index contributed by atoms with van der Waals surface area (Å²) in [6.07, 6.45) is 3.90. The molecular weight excluding hydrogens is 229 g/mol. The van der Waals surface area contributed by atoms with Crippen molar-refractivity contribution in [2.75, 3.05) is 18.5 Å². The van der Waals surface area contributed by atoms with Crippen molar-refractivity contribution >= 4 is 39.0 Å². The van der Waals surface area contributed by atoms with Crippen molar-refractivity contribution < 1.29 is 0 Å². The van der Waals surface area contributed by atoms with Crippen molar-refractivity contribution in [2.45, 2.75) is 20.8 Å². The molecule has 0 nitrogen and oxygen atoms in total. The molecule has 0 aromatic rings. The maximum Gasteiger partial charge on any atom is 0.293 e. The maximum atomic E-state index is 6.15. The van der Waals surface area contributed by atoms with Crippen LogP contribution in [0.3, 0.4) is 0 Å². The molecule has 0 aromatic carbocycles. The second-order valence-corrected chi connectivity index (χ2v) is 11.4. The summed E-state index contributed by atoms with van der Waals surface area (Å²) in [6.45, 7) is 6.80. The minimum absolute atomic E-state index is 0.521. The van der Waals surface area contributed by atoms with E-state index in [0.717, 1.165) is 0 Å². The number of rotatable bonds is 4. The summed E-state index contributed by atoms with van der Waals surface area (Å²) < 4.78 is -0.521. The summed E-state index contributed by atoms with van der Waals surface area (Å²) in [7, 11) is -0.745. The highest BCUT2D eigenvalue weighted by atomic mass is 79.9. The third-order valence-corrected chi connectivity index (χ3v) is 12.3. The van der Waals surface area contributed by atoms with Gasteiger partial charge in [0.15, 0.2) is 0 Å². The van der Waals surface area contributed by atoms with Gasteiger partial charge in [-0.15, -0.1) is 7.14 Å². The molecule has 10 heavy (non-hydrogen) atoms. The highest BCUT2D eigenvalue weighted by Crippen LogP contribution is 2.63. The van der Waals surface area contributed by atoms with Crippen molar-refractivity contribution in [2.24, 2.45) is 0 Å². The van der Waals surface area contributed by atoms with Gasteiger partial charge in [0.25, 0.3) is 4.67 Å². The summed E-state index contributed by atoms with van der Waals surface area (Å²) in [5.74, 6) is 0. The fourth-order valence-corrected chi connectivity index (χ4v) is 8.25. The van der Waals surface area contributed by atoms with E-state index < -0.39 is 11.8 Å². The topological polar surface area (TPSA) is 0 Å². The predicted molar refractivity (Wildman–Crippen MR) is 60.5 cm³/mol. The Morgan fingerprint density at radius 3 is 1.50 bits per heavy atom. The molecule has 0 heterocycles.